The van der Waals surface area contributed by atoms with Crippen LogP contribution in [-0.4, -0.2) is 13.2 Å². The van der Waals surface area contributed by atoms with E-state index in [0.29, 0.717) is 0 Å². The molecule has 0 heterocycles. The van der Waals surface area contributed by atoms with E-state index >= 15 is 0 Å². The maximum Gasteiger partial charge on any atom is 0.119 e. The second-order valence-corrected chi connectivity index (χ2v) is 6.55. The van der Waals surface area contributed by atoms with Gasteiger partial charge in [-0.2, -0.15) is 0 Å². The van der Waals surface area contributed by atoms with E-state index in [1.165, 1.54) is 30.4 Å². The summed E-state index contributed by atoms with van der Waals surface area (Å²) in [4.78, 5) is 0. The van der Waals surface area contributed by atoms with E-state index in [1.54, 1.807) is 0 Å². The minimum atomic E-state index is 0.802. The van der Waals surface area contributed by atoms with Crippen molar-refractivity contribution < 1.29 is 4.74 Å². The number of hydrogen-bond donors (Lipinski definition) is 1. The molecule has 0 fully saturated rings. The highest BCUT2D eigenvalue weighted by Gasteiger charge is 1.99. The fraction of sp³-hybridized carbons (Fsp3) is 0.429. The van der Waals surface area contributed by atoms with E-state index in [1.807, 2.05) is 24.3 Å². The lowest BCUT2D eigenvalue weighted by molar-refractivity contribution is 0.304. The van der Waals surface area contributed by atoms with E-state index in [9.17, 15) is 0 Å². The van der Waals surface area contributed by atoms with Crippen LogP contribution in [0, 0.1) is 0 Å². The van der Waals surface area contributed by atoms with Gasteiger partial charge in [0.1, 0.15) is 5.75 Å². The van der Waals surface area contributed by atoms with Gasteiger partial charge in [-0.25, -0.2) is 0 Å². The first kappa shape index (κ1) is 18.8. The minimum Gasteiger partial charge on any atom is -0.494 e. The number of halogens is 1. The van der Waals surface area contributed by atoms with Gasteiger partial charge in [0.2, 0.25) is 0 Å². The molecule has 2 rings (SSSR count). The number of unbranched alkanes of at least 4 members (excludes halogenated alkanes) is 3. The Morgan fingerprint density at radius 3 is 2.62 bits per heavy atom. The maximum atomic E-state index is 6.01. The van der Waals surface area contributed by atoms with Crippen molar-refractivity contribution in [3.63, 3.8) is 0 Å². The summed E-state index contributed by atoms with van der Waals surface area (Å²) >= 11 is 6.01. The van der Waals surface area contributed by atoms with Crippen molar-refractivity contribution in [3.8, 4) is 5.75 Å². The Morgan fingerprint density at radius 2 is 1.79 bits per heavy atom. The van der Waals surface area contributed by atoms with Crippen LogP contribution in [0.25, 0.3) is 0 Å². The molecule has 0 spiro atoms. The van der Waals surface area contributed by atoms with Crippen molar-refractivity contribution in [1.29, 1.82) is 0 Å². The highest BCUT2D eigenvalue weighted by molar-refractivity contribution is 6.30. The fourth-order valence-electron chi connectivity index (χ4n) is 2.62. The average Bonchev–Trinajstić information content (AvgIpc) is 2.59. The Morgan fingerprint density at radius 1 is 0.958 bits per heavy atom. The lowest BCUT2D eigenvalue weighted by Gasteiger charge is -2.09. The molecule has 0 aliphatic heterocycles. The van der Waals surface area contributed by atoms with Crippen LogP contribution >= 0.6 is 11.6 Å². The SMILES string of the molecule is CCCCCCOc1cccc(CNCCc2cccc(Cl)c2)c1. The monoisotopic (exact) mass is 345 g/mol. The van der Waals surface area contributed by atoms with Crippen molar-refractivity contribution in [2.75, 3.05) is 13.2 Å². The second-order valence-electron chi connectivity index (χ2n) is 6.11. The van der Waals surface area contributed by atoms with Gasteiger partial charge in [0, 0.05) is 11.6 Å². The lowest BCUT2D eigenvalue weighted by atomic mass is 10.1. The molecule has 0 aromatic heterocycles. The summed E-state index contributed by atoms with van der Waals surface area (Å²) in [6.45, 7) is 4.82. The Labute approximate surface area is 151 Å². The highest BCUT2D eigenvalue weighted by atomic mass is 35.5. The molecule has 0 aliphatic carbocycles. The molecular weight excluding hydrogens is 318 g/mol. The molecule has 0 aliphatic rings. The smallest absolute Gasteiger partial charge is 0.119 e. The van der Waals surface area contributed by atoms with Crippen LogP contribution in [0.3, 0.4) is 0 Å². The van der Waals surface area contributed by atoms with Gasteiger partial charge in [0.15, 0.2) is 0 Å². The lowest BCUT2D eigenvalue weighted by Crippen LogP contribution is -2.16. The average molecular weight is 346 g/mol. The van der Waals surface area contributed by atoms with Crippen molar-refractivity contribution in [2.24, 2.45) is 0 Å². The summed E-state index contributed by atoms with van der Waals surface area (Å²) in [6.07, 6.45) is 5.92. The summed E-state index contributed by atoms with van der Waals surface area (Å²) in [5, 5.41) is 4.28. The molecule has 0 amide bonds. The molecule has 0 saturated carbocycles. The van der Waals surface area contributed by atoms with Crippen LogP contribution in [-0.2, 0) is 13.0 Å². The van der Waals surface area contributed by atoms with Crippen molar-refractivity contribution in [3.05, 3.63) is 64.7 Å². The number of hydrogen-bond acceptors (Lipinski definition) is 2. The molecule has 0 saturated heterocycles. The summed E-state index contributed by atoms with van der Waals surface area (Å²) in [5.41, 5.74) is 2.52. The van der Waals surface area contributed by atoms with Crippen LogP contribution in [0.4, 0.5) is 0 Å². The van der Waals surface area contributed by atoms with Gasteiger partial charge in [-0.3, -0.25) is 0 Å². The zero-order chi connectivity index (χ0) is 17.0. The van der Waals surface area contributed by atoms with Gasteiger partial charge < -0.3 is 10.1 Å². The van der Waals surface area contributed by atoms with E-state index in [4.69, 9.17) is 16.3 Å². The van der Waals surface area contributed by atoms with Crippen LogP contribution in [0.2, 0.25) is 5.02 Å². The number of ether oxygens (including phenoxy) is 1. The molecule has 2 aromatic rings. The fourth-order valence-corrected chi connectivity index (χ4v) is 2.83. The van der Waals surface area contributed by atoms with Gasteiger partial charge >= 0.3 is 0 Å². The molecule has 0 unspecified atom stereocenters. The van der Waals surface area contributed by atoms with Crippen molar-refractivity contribution in [2.45, 2.75) is 45.6 Å². The van der Waals surface area contributed by atoms with E-state index < -0.39 is 0 Å². The standard InChI is InChI=1S/C21H28ClNO/c1-2-3-4-5-14-24-21-11-7-9-19(16-21)17-23-13-12-18-8-6-10-20(22)15-18/h6-11,15-16,23H,2-5,12-14,17H2,1H3. The Hall–Kier alpha value is -1.51. The number of nitrogens with one attached hydrogen (secondary N) is 1. The third-order valence-electron chi connectivity index (χ3n) is 3.97. The third-order valence-corrected chi connectivity index (χ3v) is 4.21. The summed E-state index contributed by atoms with van der Waals surface area (Å²) in [7, 11) is 0. The number of benzene rings is 2. The molecule has 1 N–H and O–H groups in total. The predicted octanol–water partition coefficient (Wildman–Crippen LogP) is 5.63. The third kappa shape index (κ3) is 7.37. The first-order valence-corrected chi connectivity index (χ1v) is 9.32. The van der Waals surface area contributed by atoms with Crippen LogP contribution in [0.5, 0.6) is 5.75 Å². The Balaban J connectivity index is 1.68. The van der Waals surface area contributed by atoms with Gasteiger partial charge in [-0.05, 0) is 54.8 Å². The zero-order valence-electron chi connectivity index (χ0n) is 14.6. The molecule has 2 nitrogen and oxygen atoms in total. The van der Waals surface area contributed by atoms with E-state index in [2.05, 4.69) is 36.5 Å². The summed E-state index contributed by atoms with van der Waals surface area (Å²) in [6, 6.07) is 16.4. The predicted molar refractivity (Wildman–Crippen MR) is 103 cm³/mol. The summed E-state index contributed by atoms with van der Waals surface area (Å²) < 4.78 is 5.84. The zero-order valence-corrected chi connectivity index (χ0v) is 15.3. The van der Waals surface area contributed by atoms with Crippen molar-refractivity contribution >= 4 is 11.6 Å². The Kier molecular flexibility index (Phi) is 8.72. The Bertz CT molecular complexity index is 600. The van der Waals surface area contributed by atoms with Gasteiger partial charge in [-0.15, -0.1) is 0 Å². The highest BCUT2D eigenvalue weighted by Crippen LogP contribution is 2.14. The number of rotatable bonds is 11. The second kappa shape index (κ2) is 11.1. The van der Waals surface area contributed by atoms with Gasteiger partial charge in [0.05, 0.1) is 6.61 Å². The first-order valence-electron chi connectivity index (χ1n) is 8.95. The molecule has 0 atom stereocenters. The molecule has 24 heavy (non-hydrogen) atoms. The van der Waals surface area contributed by atoms with Gasteiger partial charge in [0.25, 0.3) is 0 Å². The van der Waals surface area contributed by atoms with E-state index in [-0.39, 0.29) is 0 Å². The van der Waals surface area contributed by atoms with Crippen LogP contribution < -0.4 is 10.1 Å². The molecule has 0 bridgehead atoms. The molecule has 130 valence electrons. The maximum absolute atomic E-state index is 6.01. The van der Waals surface area contributed by atoms with Crippen molar-refractivity contribution in [1.82, 2.24) is 5.32 Å². The molecule has 2 aromatic carbocycles. The van der Waals surface area contributed by atoms with E-state index in [0.717, 1.165) is 43.3 Å². The minimum absolute atomic E-state index is 0.802. The largest absolute Gasteiger partial charge is 0.494 e. The van der Waals surface area contributed by atoms with Crippen LogP contribution in [0.1, 0.15) is 43.7 Å². The quantitative estimate of drug-likeness (QED) is 0.533. The van der Waals surface area contributed by atoms with Gasteiger partial charge in [-0.1, -0.05) is 62.1 Å². The summed E-state index contributed by atoms with van der Waals surface area (Å²) in [5.74, 6) is 0.973. The normalized spacial score (nSPS) is 10.8. The molecule has 0 radical (unpaired) electrons. The first-order chi connectivity index (χ1) is 11.8. The van der Waals surface area contributed by atoms with Crippen LogP contribution in [0.15, 0.2) is 48.5 Å². The topological polar surface area (TPSA) is 21.3 Å². The molecular formula is C21H28ClNO. The molecule has 3 heteroatoms.